The lowest BCUT2D eigenvalue weighted by Gasteiger charge is -2.20. The van der Waals surface area contributed by atoms with Gasteiger partial charge >= 0.3 is 0 Å². The summed E-state index contributed by atoms with van der Waals surface area (Å²) < 4.78 is 0. The molecule has 0 bridgehead atoms. The van der Waals surface area contributed by atoms with Crippen molar-refractivity contribution in [2.24, 2.45) is 5.92 Å². The third-order valence-electron chi connectivity index (χ3n) is 3.94. The minimum atomic E-state index is 0.571. The van der Waals surface area contributed by atoms with E-state index in [4.69, 9.17) is 0 Å². The highest BCUT2D eigenvalue weighted by Gasteiger charge is 2.08. The molecule has 1 N–H and O–H groups in total. The third kappa shape index (κ3) is 3.11. The van der Waals surface area contributed by atoms with Gasteiger partial charge in [0.05, 0.1) is 0 Å². The Labute approximate surface area is 110 Å². The van der Waals surface area contributed by atoms with E-state index in [9.17, 15) is 0 Å². The molecule has 0 saturated carbocycles. The molecular formula is C17H23N. The summed E-state index contributed by atoms with van der Waals surface area (Å²) in [5.74, 6) is 0.727. The molecule has 1 heteroatoms. The van der Waals surface area contributed by atoms with Crippen molar-refractivity contribution in [3.8, 4) is 0 Å². The smallest absolute Gasteiger partial charge is 0.0208 e. The molecule has 0 spiro atoms. The summed E-state index contributed by atoms with van der Waals surface area (Å²) in [4.78, 5) is 0. The van der Waals surface area contributed by atoms with Crippen molar-refractivity contribution in [3.05, 3.63) is 48.0 Å². The van der Waals surface area contributed by atoms with Crippen LogP contribution >= 0.6 is 0 Å². The van der Waals surface area contributed by atoms with Gasteiger partial charge in [-0.15, -0.1) is 0 Å². The normalized spacial score (nSPS) is 14.6. The fraction of sp³-hybridized carbons (Fsp3) is 0.412. The Hall–Kier alpha value is -1.34. The number of hydrogen-bond donors (Lipinski definition) is 1. The first-order valence-corrected chi connectivity index (χ1v) is 6.91. The van der Waals surface area contributed by atoms with Gasteiger partial charge in [-0.2, -0.15) is 0 Å². The first kappa shape index (κ1) is 13.1. The van der Waals surface area contributed by atoms with Crippen molar-refractivity contribution in [2.75, 3.05) is 0 Å². The van der Waals surface area contributed by atoms with Crippen LogP contribution in [0.1, 0.15) is 32.8 Å². The van der Waals surface area contributed by atoms with Crippen LogP contribution in [-0.4, -0.2) is 6.04 Å². The zero-order valence-electron chi connectivity index (χ0n) is 11.6. The Morgan fingerprint density at radius 1 is 1.00 bits per heavy atom. The lowest BCUT2D eigenvalue weighted by Crippen LogP contribution is -2.31. The van der Waals surface area contributed by atoms with E-state index in [0.29, 0.717) is 6.04 Å². The molecule has 0 aliphatic heterocycles. The zero-order chi connectivity index (χ0) is 13.0. The molecular weight excluding hydrogens is 218 g/mol. The van der Waals surface area contributed by atoms with Crippen molar-refractivity contribution >= 4 is 10.8 Å². The molecule has 0 amide bonds. The molecule has 2 atom stereocenters. The number of hydrogen-bond acceptors (Lipinski definition) is 1. The van der Waals surface area contributed by atoms with Crippen LogP contribution in [0.15, 0.2) is 42.5 Å². The first-order chi connectivity index (χ1) is 8.70. The number of nitrogens with one attached hydrogen (secondary N) is 1. The maximum absolute atomic E-state index is 3.61. The summed E-state index contributed by atoms with van der Waals surface area (Å²) in [7, 11) is 0. The Bertz CT molecular complexity index is 504. The van der Waals surface area contributed by atoms with E-state index in [0.717, 1.165) is 12.5 Å². The van der Waals surface area contributed by atoms with E-state index in [1.54, 1.807) is 0 Å². The second-order valence-corrected chi connectivity index (χ2v) is 5.24. The number of benzene rings is 2. The molecule has 0 aliphatic rings. The summed E-state index contributed by atoms with van der Waals surface area (Å²) in [6, 6.07) is 15.8. The van der Waals surface area contributed by atoms with Crippen molar-refractivity contribution in [1.29, 1.82) is 0 Å². The van der Waals surface area contributed by atoms with E-state index in [2.05, 4.69) is 68.6 Å². The van der Waals surface area contributed by atoms with Crippen LogP contribution in [0.25, 0.3) is 10.8 Å². The Morgan fingerprint density at radius 3 is 2.44 bits per heavy atom. The van der Waals surface area contributed by atoms with E-state index >= 15 is 0 Å². The summed E-state index contributed by atoms with van der Waals surface area (Å²) in [5, 5.41) is 6.26. The fourth-order valence-electron chi connectivity index (χ4n) is 2.18. The van der Waals surface area contributed by atoms with Crippen molar-refractivity contribution in [2.45, 2.75) is 39.8 Å². The van der Waals surface area contributed by atoms with Crippen LogP contribution in [0.5, 0.6) is 0 Å². The summed E-state index contributed by atoms with van der Waals surface area (Å²) in [5.41, 5.74) is 1.36. The highest BCUT2D eigenvalue weighted by Crippen LogP contribution is 2.16. The van der Waals surface area contributed by atoms with Crippen molar-refractivity contribution < 1.29 is 0 Å². The highest BCUT2D eigenvalue weighted by atomic mass is 14.9. The van der Waals surface area contributed by atoms with E-state index in [-0.39, 0.29) is 0 Å². The van der Waals surface area contributed by atoms with Gasteiger partial charge < -0.3 is 5.32 Å². The molecule has 0 aromatic heterocycles. The quantitative estimate of drug-likeness (QED) is 0.820. The average molecular weight is 241 g/mol. The second-order valence-electron chi connectivity index (χ2n) is 5.24. The fourth-order valence-corrected chi connectivity index (χ4v) is 2.18. The minimum absolute atomic E-state index is 0.571. The summed E-state index contributed by atoms with van der Waals surface area (Å²) in [6.07, 6.45) is 1.23. The lowest BCUT2D eigenvalue weighted by atomic mass is 10.0. The molecule has 18 heavy (non-hydrogen) atoms. The molecule has 1 nitrogen and oxygen atoms in total. The first-order valence-electron chi connectivity index (χ1n) is 6.91. The zero-order valence-corrected chi connectivity index (χ0v) is 11.6. The van der Waals surface area contributed by atoms with Crippen LogP contribution in [0.4, 0.5) is 0 Å². The largest absolute Gasteiger partial charge is 0.310 e. The maximum Gasteiger partial charge on any atom is 0.0208 e. The van der Waals surface area contributed by atoms with Gasteiger partial charge in [0.2, 0.25) is 0 Å². The van der Waals surface area contributed by atoms with E-state index in [1.807, 2.05) is 0 Å². The van der Waals surface area contributed by atoms with Gasteiger partial charge in [0, 0.05) is 12.6 Å². The molecule has 0 aliphatic carbocycles. The van der Waals surface area contributed by atoms with Gasteiger partial charge in [-0.25, -0.2) is 0 Å². The standard InChI is InChI=1S/C17H23N/c1-4-13(2)14(3)18-12-15-9-10-16-7-5-6-8-17(16)11-15/h5-11,13-14,18H,4,12H2,1-3H3. The average Bonchev–Trinajstić information content (AvgIpc) is 2.43. The molecule has 96 valence electrons. The molecule has 0 saturated heterocycles. The SMILES string of the molecule is CCC(C)C(C)NCc1ccc2ccccc2c1. The predicted molar refractivity (Wildman–Crippen MR) is 79.7 cm³/mol. The molecule has 0 radical (unpaired) electrons. The monoisotopic (exact) mass is 241 g/mol. The van der Waals surface area contributed by atoms with Crippen molar-refractivity contribution in [3.63, 3.8) is 0 Å². The summed E-state index contributed by atoms with van der Waals surface area (Å²) in [6.45, 7) is 7.78. The molecule has 2 rings (SSSR count). The van der Waals surface area contributed by atoms with Gasteiger partial charge in [-0.05, 0) is 35.2 Å². The Morgan fingerprint density at radius 2 is 1.72 bits per heavy atom. The molecule has 0 fully saturated rings. The molecule has 2 unspecified atom stereocenters. The Balaban J connectivity index is 2.04. The molecule has 0 heterocycles. The van der Waals surface area contributed by atoms with Gasteiger partial charge in [-0.1, -0.05) is 56.7 Å². The molecule has 2 aromatic rings. The highest BCUT2D eigenvalue weighted by molar-refractivity contribution is 5.82. The van der Waals surface area contributed by atoms with E-state index < -0.39 is 0 Å². The van der Waals surface area contributed by atoms with Crippen LogP contribution in [0.3, 0.4) is 0 Å². The number of fused-ring (bicyclic) bond motifs is 1. The predicted octanol–water partition coefficient (Wildman–Crippen LogP) is 4.36. The Kier molecular flexibility index (Phi) is 4.38. The van der Waals surface area contributed by atoms with Gasteiger partial charge in [-0.3, -0.25) is 0 Å². The van der Waals surface area contributed by atoms with E-state index in [1.165, 1.54) is 22.8 Å². The van der Waals surface area contributed by atoms with Gasteiger partial charge in [0.25, 0.3) is 0 Å². The maximum atomic E-state index is 3.61. The number of rotatable bonds is 5. The lowest BCUT2D eigenvalue weighted by molar-refractivity contribution is 0.389. The van der Waals surface area contributed by atoms with Crippen molar-refractivity contribution in [1.82, 2.24) is 5.32 Å². The second kappa shape index (κ2) is 6.01. The summed E-state index contributed by atoms with van der Waals surface area (Å²) >= 11 is 0. The molecule has 2 aromatic carbocycles. The van der Waals surface area contributed by atoms with Gasteiger partial charge in [0.1, 0.15) is 0 Å². The van der Waals surface area contributed by atoms with Gasteiger partial charge in [0.15, 0.2) is 0 Å². The van der Waals surface area contributed by atoms with Crippen LogP contribution in [-0.2, 0) is 6.54 Å². The van der Waals surface area contributed by atoms with Crippen LogP contribution in [0, 0.1) is 5.92 Å². The van der Waals surface area contributed by atoms with Crippen LogP contribution in [0.2, 0.25) is 0 Å². The van der Waals surface area contributed by atoms with Crippen LogP contribution < -0.4 is 5.32 Å². The third-order valence-corrected chi connectivity index (χ3v) is 3.94. The topological polar surface area (TPSA) is 12.0 Å². The minimum Gasteiger partial charge on any atom is -0.310 e.